The zero-order chi connectivity index (χ0) is 20.7. The van der Waals surface area contributed by atoms with Crippen LogP contribution >= 0.6 is 23.2 Å². The number of carboxylic acids is 1. The van der Waals surface area contributed by atoms with Crippen LogP contribution < -0.4 is 10.6 Å². The van der Waals surface area contributed by atoms with Crippen LogP contribution in [0.2, 0.25) is 10.0 Å². The summed E-state index contributed by atoms with van der Waals surface area (Å²) in [6, 6.07) is 11.3. The summed E-state index contributed by atoms with van der Waals surface area (Å²) in [5, 5.41) is 15.0. The van der Waals surface area contributed by atoms with Gasteiger partial charge >= 0.3 is 5.97 Å². The molecule has 8 heteroatoms. The van der Waals surface area contributed by atoms with E-state index in [1.807, 2.05) is 0 Å². The summed E-state index contributed by atoms with van der Waals surface area (Å²) in [5.41, 5.74) is 1.79. The van der Waals surface area contributed by atoms with Gasteiger partial charge in [-0.15, -0.1) is 0 Å². The molecule has 0 bridgehead atoms. The summed E-state index contributed by atoms with van der Waals surface area (Å²) in [7, 11) is 0. The number of carbonyl (C=O) groups is 3. The number of benzene rings is 2. The van der Waals surface area contributed by atoms with E-state index in [-0.39, 0.29) is 30.9 Å². The molecular weight excluding hydrogens is 403 g/mol. The number of hydrogen-bond donors (Lipinski definition) is 3. The summed E-state index contributed by atoms with van der Waals surface area (Å²) in [6.07, 6.45) is -0.0993. The molecule has 6 nitrogen and oxygen atoms in total. The van der Waals surface area contributed by atoms with Crippen LogP contribution in [-0.2, 0) is 16.1 Å². The maximum absolute atomic E-state index is 12.2. The lowest BCUT2D eigenvalue weighted by Gasteiger charge is -2.09. The van der Waals surface area contributed by atoms with E-state index in [9.17, 15) is 14.4 Å². The van der Waals surface area contributed by atoms with E-state index in [1.165, 1.54) is 0 Å². The van der Waals surface area contributed by atoms with Crippen molar-refractivity contribution in [2.24, 2.45) is 0 Å². The van der Waals surface area contributed by atoms with Crippen molar-refractivity contribution in [1.82, 2.24) is 5.32 Å². The highest BCUT2D eigenvalue weighted by atomic mass is 35.5. The summed E-state index contributed by atoms with van der Waals surface area (Å²) < 4.78 is 0. The lowest BCUT2D eigenvalue weighted by Crippen LogP contribution is -2.23. The Morgan fingerprint density at radius 1 is 1.00 bits per heavy atom. The zero-order valence-corrected chi connectivity index (χ0v) is 16.3. The molecule has 2 amide bonds. The Morgan fingerprint density at radius 3 is 2.29 bits per heavy atom. The third-order valence-electron chi connectivity index (χ3n) is 3.82. The van der Waals surface area contributed by atoms with Crippen LogP contribution in [0.25, 0.3) is 0 Å². The second-order valence-electron chi connectivity index (χ2n) is 5.95. The van der Waals surface area contributed by atoms with Crippen LogP contribution in [0.4, 0.5) is 5.69 Å². The number of carboxylic acid groups (broad SMARTS) is 1. The number of nitrogens with one attached hydrogen (secondary N) is 2. The first-order valence-corrected chi connectivity index (χ1v) is 9.05. The van der Waals surface area contributed by atoms with Gasteiger partial charge in [-0.3, -0.25) is 14.4 Å². The summed E-state index contributed by atoms with van der Waals surface area (Å²) in [6.45, 7) is 3.82. The minimum atomic E-state index is -0.996. The van der Waals surface area contributed by atoms with Crippen molar-refractivity contribution in [1.29, 1.82) is 0 Å². The van der Waals surface area contributed by atoms with E-state index >= 15 is 0 Å². The molecule has 2 aromatic rings. The van der Waals surface area contributed by atoms with Gasteiger partial charge in [0, 0.05) is 39.8 Å². The molecule has 0 aliphatic rings. The molecule has 0 radical (unpaired) electrons. The fourth-order valence-electron chi connectivity index (χ4n) is 2.24. The number of amides is 2. The highest BCUT2D eigenvalue weighted by Crippen LogP contribution is 2.21. The number of hydrogen-bond acceptors (Lipinski definition) is 3. The molecule has 0 heterocycles. The predicted octanol–water partition coefficient (Wildman–Crippen LogP) is 4.28. The highest BCUT2D eigenvalue weighted by molar-refractivity contribution is 6.35. The maximum atomic E-state index is 12.2. The van der Waals surface area contributed by atoms with Gasteiger partial charge in [-0.1, -0.05) is 35.8 Å². The number of anilines is 1. The van der Waals surface area contributed by atoms with Crippen molar-refractivity contribution in [3.63, 3.8) is 0 Å². The molecule has 0 spiro atoms. The molecule has 0 fully saturated rings. The average molecular weight is 421 g/mol. The van der Waals surface area contributed by atoms with E-state index in [0.29, 0.717) is 21.3 Å². The van der Waals surface area contributed by atoms with Crippen molar-refractivity contribution in [3.8, 4) is 0 Å². The van der Waals surface area contributed by atoms with Crippen molar-refractivity contribution >= 4 is 46.7 Å². The van der Waals surface area contributed by atoms with E-state index in [2.05, 4.69) is 17.2 Å². The molecule has 3 N–H and O–H groups in total. The predicted molar refractivity (Wildman–Crippen MR) is 109 cm³/mol. The Bertz CT molecular complexity index is 911. The summed E-state index contributed by atoms with van der Waals surface area (Å²) in [4.78, 5) is 34.7. The fourth-order valence-corrected chi connectivity index (χ4v) is 2.71. The highest BCUT2D eigenvalue weighted by Gasteiger charge is 2.11. The minimum Gasteiger partial charge on any atom is -0.481 e. The summed E-state index contributed by atoms with van der Waals surface area (Å²) in [5.74, 6) is -1.75. The standard InChI is InChI=1S/C20H18Cl2N2O4/c1-12(2-9-18(25)26)19(27)24-16-7-4-13(5-8-16)20(28)23-11-14-3-6-15(21)10-17(14)22/h3-8,10H,1-2,9,11H2,(H,23,28)(H,24,27)(H,25,26). The molecule has 0 saturated heterocycles. The van der Waals surface area contributed by atoms with E-state index in [4.69, 9.17) is 28.3 Å². The molecule has 28 heavy (non-hydrogen) atoms. The minimum absolute atomic E-state index is 0.0644. The van der Waals surface area contributed by atoms with Crippen molar-refractivity contribution in [2.45, 2.75) is 19.4 Å². The average Bonchev–Trinajstić information content (AvgIpc) is 2.65. The lowest BCUT2D eigenvalue weighted by molar-refractivity contribution is -0.136. The third-order valence-corrected chi connectivity index (χ3v) is 4.41. The normalized spacial score (nSPS) is 10.2. The lowest BCUT2D eigenvalue weighted by atomic mass is 10.1. The van der Waals surface area contributed by atoms with Gasteiger partial charge in [0.2, 0.25) is 0 Å². The maximum Gasteiger partial charge on any atom is 0.303 e. The number of halogens is 2. The van der Waals surface area contributed by atoms with Crippen LogP contribution in [-0.4, -0.2) is 22.9 Å². The van der Waals surface area contributed by atoms with Gasteiger partial charge in [0.15, 0.2) is 0 Å². The van der Waals surface area contributed by atoms with E-state index in [0.717, 1.165) is 5.56 Å². The molecule has 0 unspecified atom stereocenters. The van der Waals surface area contributed by atoms with Gasteiger partial charge < -0.3 is 15.7 Å². The van der Waals surface area contributed by atoms with E-state index in [1.54, 1.807) is 42.5 Å². The molecule has 0 saturated carbocycles. The molecular formula is C20H18Cl2N2O4. The number of carbonyl (C=O) groups excluding carboxylic acids is 2. The Labute approximate surface area is 172 Å². The first-order valence-electron chi connectivity index (χ1n) is 8.29. The second kappa shape index (κ2) is 9.92. The third kappa shape index (κ3) is 6.40. The second-order valence-corrected chi connectivity index (χ2v) is 6.79. The van der Waals surface area contributed by atoms with Gasteiger partial charge in [-0.2, -0.15) is 0 Å². The Morgan fingerprint density at radius 2 is 1.68 bits per heavy atom. The van der Waals surface area contributed by atoms with E-state index < -0.39 is 11.9 Å². The van der Waals surface area contributed by atoms with Crippen LogP contribution in [0.15, 0.2) is 54.6 Å². The summed E-state index contributed by atoms with van der Waals surface area (Å²) >= 11 is 11.9. The van der Waals surface area contributed by atoms with Crippen LogP contribution in [0.5, 0.6) is 0 Å². The smallest absolute Gasteiger partial charge is 0.303 e. The molecule has 2 aromatic carbocycles. The first-order chi connectivity index (χ1) is 13.3. The fraction of sp³-hybridized carbons (Fsp3) is 0.150. The topological polar surface area (TPSA) is 95.5 Å². The van der Waals surface area contributed by atoms with Crippen LogP contribution in [0, 0.1) is 0 Å². The van der Waals surface area contributed by atoms with Crippen molar-refractivity contribution in [3.05, 3.63) is 75.8 Å². The Balaban J connectivity index is 1.90. The van der Waals surface area contributed by atoms with Gasteiger partial charge in [0.1, 0.15) is 0 Å². The molecule has 0 aromatic heterocycles. The molecule has 0 aliphatic carbocycles. The molecule has 2 rings (SSSR count). The monoisotopic (exact) mass is 420 g/mol. The van der Waals surface area contributed by atoms with Crippen LogP contribution in [0.3, 0.4) is 0 Å². The molecule has 146 valence electrons. The van der Waals surface area contributed by atoms with Crippen molar-refractivity contribution < 1.29 is 19.5 Å². The molecule has 0 atom stereocenters. The molecule has 0 aliphatic heterocycles. The first kappa shape index (κ1) is 21.5. The van der Waals surface area contributed by atoms with Gasteiger partial charge in [-0.25, -0.2) is 0 Å². The van der Waals surface area contributed by atoms with Crippen molar-refractivity contribution in [2.75, 3.05) is 5.32 Å². The zero-order valence-electron chi connectivity index (χ0n) is 14.8. The SMILES string of the molecule is C=C(CCC(=O)O)C(=O)Nc1ccc(C(=O)NCc2ccc(Cl)cc2Cl)cc1. The van der Waals surface area contributed by atoms with Gasteiger partial charge in [-0.05, 0) is 48.4 Å². The Hall–Kier alpha value is -2.83. The van der Waals surface area contributed by atoms with Gasteiger partial charge in [0.05, 0.1) is 0 Å². The number of rotatable bonds is 8. The number of aliphatic carboxylic acids is 1. The largest absolute Gasteiger partial charge is 0.481 e. The van der Waals surface area contributed by atoms with Gasteiger partial charge in [0.25, 0.3) is 11.8 Å². The van der Waals surface area contributed by atoms with Crippen LogP contribution in [0.1, 0.15) is 28.8 Å². The quantitative estimate of drug-likeness (QED) is 0.555. The Kier molecular flexibility index (Phi) is 7.61.